The van der Waals surface area contributed by atoms with Crippen LogP contribution in [-0.4, -0.2) is 31.2 Å². The molecule has 1 heterocycles. The minimum atomic E-state index is -0.0232. The molecule has 4 nitrogen and oxygen atoms in total. The van der Waals surface area contributed by atoms with Gasteiger partial charge < -0.3 is 4.90 Å². The smallest absolute Gasteiger partial charge is 0.271 e. The Kier molecular flexibility index (Phi) is 6.01. The topological polar surface area (TPSA) is 35.9 Å². The van der Waals surface area contributed by atoms with Gasteiger partial charge in [-0.2, -0.15) is 0 Å². The van der Waals surface area contributed by atoms with Crippen molar-refractivity contribution in [2.75, 3.05) is 23.9 Å². The van der Waals surface area contributed by atoms with E-state index in [1.807, 2.05) is 62.6 Å². The van der Waals surface area contributed by atoms with Crippen LogP contribution in [0.3, 0.4) is 0 Å². The molecule has 140 valence electrons. The Morgan fingerprint density at radius 3 is 2.37 bits per heavy atom. The number of benzene rings is 2. The third-order valence-corrected chi connectivity index (χ3v) is 5.43. The second-order valence-corrected chi connectivity index (χ2v) is 7.75. The first-order valence-corrected chi connectivity index (χ1v) is 9.95. The molecule has 1 fully saturated rings. The maximum absolute atomic E-state index is 13.1. The van der Waals surface area contributed by atoms with E-state index < -0.39 is 0 Å². The standard InChI is InChI=1S/C22H25N3OS/c1-5-16(2)23-22-25(19-9-7-6-8-10-19)21(26)20(27-22)15-17-11-13-18(14-12-17)24(3)4/h6-16H,5H2,1-4H3. The summed E-state index contributed by atoms with van der Waals surface area (Å²) in [5.74, 6) is -0.0232. The van der Waals surface area contributed by atoms with Crippen molar-refractivity contribution >= 4 is 40.3 Å². The predicted octanol–water partition coefficient (Wildman–Crippen LogP) is 5.03. The highest BCUT2D eigenvalue weighted by Gasteiger charge is 2.34. The number of amides is 1. The van der Waals surface area contributed by atoms with Gasteiger partial charge in [0.1, 0.15) is 0 Å². The Hall–Kier alpha value is -2.53. The van der Waals surface area contributed by atoms with Crippen LogP contribution in [-0.2, 0) is 4.79 Å². The second-order valence-electron chi connectivity index (χ2n) is 6.74. The molecule has 0 radical (unpaired) electrons. The molecule has 2 aromatic carbocycles. The van der Waals surface area contributed by atoms with Crippen molar-refractivity contribution in [1.82, 2.24) is 0 Å². The molecule has 1 unspecified atom stereocenters. The van der Waals surface area contributed by atoms with Crippen molar-refractivity contribution < 1.29 is 4.79 Å². The van der Waals surface area contributed by atoms with Crippen LogP contribution in [0.15, 0.2) is 64.5 Å². The molecule has 1 aliphatic heterocycles. The Morgan fingerprint density at radius 1 is 1.11 bits per heavy atom. The lowest BCUT2D eigenvalue weighted by Gasteiger charge is -2.16. The van der Waals surface area contributed by atoms with Gasteiger partial charge >= 0.3 is 0 Å². The largest absolute Gasteiger partial charge is 0.378 e. The van der Waals surface area contributed by atoms with Crippen LogP contribution in [0.5, 0.6) is 0 Å². The number of hydrogen-bond donors (Lipinski definition) is 0. The molecule has 27 heavy (non-hydrogen) atoms. The number of hydrogen-bond acceptors (Lipinski definition) is 4. The van der Waals surface area contributed by atoms with Crippen LogP contribution < -0.4 is 9.80 Å². The zero-order valence-electron chi connectivity index (χ0n) is 16.2. The fourth-order valence-electron chi connectivity index (χ4n) is 2.66. The van der Waals surface area contributed by atoms with E-state index in [1.165, 1.54) is 11.8 Å². The average molecular weight is 380 g/mol. The van der Waals surface area contributed by atoms with Gasteiger partial charge in [0.15, 0.2) is 5.17 Å². The first-order valence-electron chi connectivity index (χ1n) is 9.14. The molecule has 1 amide bonds. The zero-order valence-corrected chi connectivity index (χ0v) is 17.0. The van der Waals surface area contributed by atoms with Crippen LogP contribution >= 0.6 is 11.8 Å². The van der Waals surface area contributed by atoms with E-state index in [4.69, 9.17) is 4.99 Å². The zero-order chi connectivity index (χ0) is 19.4. The molecule has 0 bridgehead atoms. The fraction of sp³-hybridized carbons (Fsp3) is 0.273. The van der Waals surface area contributed by atoms with E-state index in [-0.39, 0.29) is 11.9 Å². The molecule has 1 aliphatic rings. The van der Waals surface area contributed by atoms with Gasteiger partial charge in [0.2, 0.25) is 0 Å². The Labute approximate surface area is 165 Å². The Bertz CT molecular complexity index is 857. The summed E-state index contributed by atoms with van der Waals surface area (Å²) in [5.41, 5.74) is 2.99. The van der Waals surface area contributed by atoms with Gasteiger partial charge in [-0.25, -0.2) is 0 Å². The van der Waals surface area contributed by atoms with Gasteiger partial charge in [-0.15, -0.1) is 0 Å². The number of para-hydroxylation sites is 1. The normalized spacial score (nSPS) is 18.4. The van der Waals surface area contributed by atoms with E-state index in [0.717, 1.165) is 28.5 Å². The van der Waals surface area contributed by atoms with E-state index >= 15 is 0 Å². The average Bonchev–Trinajstić information content (AvgIpc) is 2.97. The fourth-order valence-corrected chi connectivity index (χ4v) is 3.75. The monoisotopic (exact) mass is 379 g/mol. The van der Waals surface area contributed by atoms with Crippen molar-refractivity contribution in [2.24, 2.45) is 4.99 Å². The highest BCUT2D eigenvalue weighted by Crippen LogP contribution is 2.36. The molecule has 0 spiro atoms. The number of carbonyl (C=O) groups is 1. The molecule has 0 aromatic heterocycles. The van der Waals surface area contributed by atoms with Crippen molar-refractivity contribution in [3.8, 4) is 0 Å². The van der Waals surface area contributed by atoms with Crippen molar-refractivity contribution in [1.29, 1.82) is 0 Å². The van der Waals surface area contributed by atoms with Crippen LogP contribution in [0.25, 0.3) is 6.08 Å². The van der Waals surface area contributed by atoms with Crippen LogP contribution in [0, 0.1) is 0 Å². The lowest BCUT2D eigenvalue weighted by Crippen LogP contribution is -2.29. The highest BCUT2D eigenvalue weighted by atomic mass is 32.2. The number of rotatable bonds is 5. The van der Waals surface area contributed by atoms with E-state index in [0.29, 0.717) is 4.91 Å². The molecule has 2 aromatic rings. The number of thioether (sulfide) groups is 1. The summed E-state index contributed by atoms with van der Waals surface area (Å²) in [6.07, 6.45) is 2.88. The molecule has 1 saturated heterocycles. The third-order valence-electron chi connectivity index (χ3n) is 4.45. The Balaban J connectivity index is 1.95. The SMILES string of the molecule is CCC(C)N=C1SC(=Cc2ccc(N(C)C)cc2)C(=O)N1c1ccccc1. The third kappa shape index (κ3) is 4.42. The van der Waals surface area contributed by atoms with Gasteiger partial charge in [-0.05, 0) is 61.0 Å². The summed E-state index contributed by atoms with van der Waals surface area (Å²) < 4.78 is 0. The molecule has 1 atom stereocenters. The molecule has 0 aliphatic carbocycles. The molecule has 3 rings (SSSR count). The van der Waals surface area contributed by atoms with Crippen molar-refractivity contribution in [3.63, 3.8) is 0 Å². The summed E-state index contributed by atoms with van der Waals surface area (Å²) in [6, 6.07) is 18.1. The first kappa shape index (κ1) is 19.2. The number of nitrogens with zero attached hydrogens (tertiary/aromatic N) is 3. The summed E-state index contributed by atoms with van der Waals surface area (Å²) in [5, 5.41) is 0.747. The number of anilines is 2. The van der Waals surface area contributed by atoms with Crippen LogP contribution in [0.2, 0.25) is 0 Å². The molecule has 0 saturated carbocycles. The van der Waals surface area contributed by atoms with E-state index in [9.17, 15) is 4.79 Å². The summed E-state index contributed by atoms with van der Waals surface area (Å²) in [6.45, 7) is 4.18. The lowest BCUT2D eigenvalue weighted by atomic mass is 10.2. The summed E-state index contributed by atoms with van der Waals surface area (Å²) in [7, 11) is 4.03. The van der Waals surface area contributed by atoms with Crippen molar-refractivity contribution in [3.05, 3.63) is 65.1 Å². The number of carbonyl (C=O) groups excluding carboxylic acids is 1. The minimum Gasteiger partial charge on any atom is -0.378 e. The van der Waals surface area contributed by atoms with Gasteiger partial charge in [0.05, 0.1) is 10.6 Å². The molecule has 5 heteroatoms. The highest BCUT2D eigenvalue weighted by molar-refractivity contribution is 8.19. The maximum atomic E-state index is 13.1. The minimum absolute atomic E-state index is 0.0232. The van der Waals surface area contributed by atoms with Crippen LogP contribution in [0.4, 0.5) is 11.4 Å². The molecular weight excluding hydrogens is 354 g/mol. The number of aliphatic imine (C=N–C) groups is 1. The van der Waals surface area contributed by atoms with E-state index in [2.05, 4.69) is 30.9 Å². The molecule has 0 N–H and O–H groups in total. The lowest BCUT2D eigenvalue weighted by molar-refractivity contribution is -0.113. The maximum Gasteiger partial charge on any atom is 0.271 e. The quantitative estimate of drug-likeness (QED) is 0.684. The van der Waals surface area contributed by atoms with Gasteiger partial charge in [-0.3, -0.25) is 14.7 Å². The van der Waals surface area contributed by atoms with Gasteiger partial charge in [-0.1, -0.05) is 37.3 Å². The predicted molar refractivity (Wildman–Crippen MR) is 117 cm³/mol. The second kappa shape index (κ2) is 8.44. The summed E-state index contributed by atoms with van der Waals surface area (Å²) in [4.78, 5) is 22.4. The number of amidine groups is 1. The molecular formula is C22H25N3OS. The van der Waals surface area contributed by atoms with Gasteiger partial charge in [0.25, 0.3) is 5.91 Å². The van der Waals surface area contributed by atoms with Crippen LogP contribution in [0.1, 0.15) is 25.8 Å². The Morgan fingerprint density at radius 2 is 1.78 bits per heavy atom. The summed E-state index contributed by atoms with van der Waals surface area (Å²) >= 11 is 1.45. The van der Waals surface area contributed by atoms with Gasteiger partial charge in [0, 0.05) is 25.8 Å². The van der Waals surface area contributed by atoms with E-state index in [1.54, 1.807) is 4.90 Å². The van der Waals surface area contributed by atoms with Crippen molar-refractivity contribution in [2.45, 2.75) is 26.3 Å². The first-order chi connectivity index (χ1) is 13.0.